The maximum Gasteiger partial charge on any atom is 0.164 e. The summed E-state index contributed by atoms with van der Waals surface area (Å²) >= 11 is 0. The minimum absolute atomic E-state index is 0.641. The minimum atomic E-state index is 0.641. The molecule has 322 valence electrons. The highest BCUT2D eigenvalue weighted by Gasteiger charge is 2.16. The van der Waals surface area contributed by atoms with Crippen molar-refractivity contribution in [3.8, 4) is 68.0 Å². The fourth-order valence-corrected chi connectivity index (χ4v) is 8.57. The quantitative estimate of drug-likeness (QED) is 0.130. The summed E-state index contributed by atoms with van der Waals surface area (Å²) in [6, 6.07) is 51.9. The van der Waals surface area contributed by atoms with Gasteiger partial charge in [0.05, 0.1) is 22.7 Å². The summed E-state index contributed by atoms with van der Waals surface area (Å²) < 4.78 is 21.2. The molecule has 0 unspecified atom stereocenters. The van der Waals surface area contributed by atoms with Crippen molar-refractivity contribution >= 4 is 44.7 Å². The normalized spacial score (nSPS) is 11.5. The fraction of sp³-hybridized carbons (Fsp3) is 0. The van der Waals surface area contributed by atoms with E-state index in [0.29, 0.717) is 23.0 Å². The molecule has 13 aromatic rings. The fourth-order valence-electron chi connectivity index (χ4n) is 8.57. The van der Waals surface area contributed by atoms with Gasteiger partial charge in [0.1, 0.15) is 70.4 Å². The van der Waals surface area contributed by atoms with Crippen LogP contribution in [0.15, 0.2) is 208 Å². The first kappa shape index (κ1) is 38.6. The van der Waals surface area contributed by atoms with Crippen LogP contribution < -0.4 is 9.47 Å². The molecule has 0 N–H and O–H groups in total. The number of aromatic nitrogens is 12. The van der Waals surface area contributed by atoms with E-state index in [1.54, 1.807) is 50.1 Å². The van der Waals surface area contributed by atoms with Crippen molar-refractivity contribution in [2.75, 3.05) is 0 Å². The van der Waals surface area contributed by atoms with Gasteiger partial charge < -0.3 is 9.47 Å². The number of hydrogen-bond acceptors (Lipinski definition) is 10. The highest BCUT2D eigenvalue weighted by atomic mass is 16.5. The Morgan fingerprint density at radius 1 is 0.265 bits per heavy atom. The van der Waals surface area contributed by atoms with Crippen LogP contribution >= 0.6 is 0 Å². The summed E-state index contributed by atoms with van der Waals surface area (Å²) in [6.07, 6.45) is 14.2. The zero-order chi connectivity index (χ0) is 45.0. The molecule has 0 aliphatic heterocycles. The van der Waals surface area contributed by atoms with Crippen LogP contribution in [0.1, 0.15) is 0 Å². The predicted molar refractivity (Wildman–Crippen MR) is 260 cm³/mol. The van der Waals surface area contributed by atoms with Crippen molar-refractivity contribution in [1.29, 1.82) is 0 Å². The second-order valence-electron chi connectivity index (χ2n) is 16.1. The summed E-state index contributed by atoms with van der Waals surface area (Å²) in [6.45, 7) is 0. The molecule has 0 bridgehead atoms. The Balaban J connectivity index is 0.871. The molecule has 13 rings (SSSR count). The summed E-state index contributed by atoms with van der Waals surface area (Å²) in [5.74, 6) is 2.60. The van der Waals surface area contributed by atoms with Gasteiger partial charge in [-0.05, 0) is 119 Å². The molecular weight excluding hydrogens is 849 g/mol. The molecule has 68 heavy (non-hydrogen) atoms. The van der Waals surface area contributed by atoms with E-state index in [-0.39, 0.29) is 0 Å². The number of hydrogen-bond donors (Lipinski definition) is 0. The number of rotatable bonds is 10. The van der Waals surface area contributed by atoms with Gasteiger partial charge in [-0.2, -0.15) is 0 Å². The van der Waals surface area contributed by atoms with Crippen LogP contribution in [0.25, 0.3) is 89.7 Å². The van der Waals surface area contributed by atoms with E-state index >= 15 is 0 Å². The van der Waals surface area contributed by atoms with E-state index < -0.39 is 0 Å². The monoisotopic (exact) mass is 882 g/mol. The van der Waals surface area contributed by atoms with Crippen LogP contribution in [0.5, 0.6) is 23.0 Å². The first-order valence-electron chi connectivity index (χ1n) is 21.7. The lowest BCUT2D eigenvalue weighted by molar-refractivity contribution is 0.482. The lowest BCUT2D eigenvalue weighted by Crippen LogP contribution is -1.97. The molecule has 14 nitrogen and oxygen atoms in total. The van der Waals surface area contributed by atoms with Gasteiger partial charge >= 0.3 is 0 Å². The van der Waals surface area contributed by atoms with E-state index in [2.05, 4.69) is 76.3 Å². The third-order valence-corrected chi connectivity index (χ3v) is 11.8. The van der Waals surface area contributed by atoms with E-state index in [9.17, 15) is 0 Å². The molecule has 0 fully saturated rings. The minimum Gasteiger partial charge on any atom is -0.457 e. The summed E-state index contributed by atoms with van der Waals surface area (Å²) in [7, 11) is 0. The van der Waals surface area contributed by atoms with Crippen molar-refractivity contribution in [2.24, 2.45) is 0 Å². The molecule has 0 amide bonds. The maximum absolute atomic E-state index is 6.68. The summed E-state index contributed by atoms with van der Waals surface area (Å²) in [5, 5.41) is 0. The molecule has 0 saturated carbocycles. The first-order valence-corrected chi connectivity index (χ1v) is 21.7. The molecule has 0 atom stereocenters. The van der Waals surface area contributed by atoms with E-state index in [0.717, 1.165) is 89.7 Å². The second-order valence-corrected chi connectivity index (χ2v) is 16.1. The van der Waals surface area contributed by atoms with Gasteiger partial charge in [0, 0.05) is 49.1 Å². The van der Waals surface area contributed by atoms with E-state index in [4.69, 9.17) is 9.47 Å². The number of ether oxygens (including phenoxy) is 2. The van der Waals surface area contributed by atoms with Crippen molar-refractivity contribution in [1.82, 2.24) is 58.1 Å². The topological polar surface area (TPSA) is 141 Å². The van der Waals surface area contributed by atoms with Crippen LogP contribution in [-0.4, -0.2) is 58.1 Å². The van der Waals surface area contributed by atoms with Crippen molar-refractivity contribution in [3.05, 3.63) is 208 Å². The molecule has 5 aromatic carbocycles. The van der Waals surface area contributed by atoms with Crippen LogP contribution in [0, 0.1) is 0 Å². The molecule has 0 radical (unpaired) electrons. The lowest BCUT2D eigenvalue weighted by atomic mass is 9.99. The zero-order valence-electron chi connectivity index (χ0n) is 35.8. The lowest BCUT2D eigenvalue weighted by Gasteiger charge is -2.15. The summed E-state index contributed by atoms with van der Waals surface area (Å²) in [4.78, 5) is 36.8. The smallest absolute Gasteiger partial charge is 0.164 e. The molecule has 0 spiro atoms. The molecule has 0 aliphatic rings. The van der Waals surface area contributed by atoms with E-state index in [1.165, 1.54) is 0 Å². The third kappa shape index (κ3) is 7.01. The Labute approximate surface area is 386 Å². The molecular formula is C54H34N12O2. The highest BCUT2D eigenvalue weighted by molar-refractivity contribution is 5.79. The van der Waals surface area contributed by atoms with Gasteiger partial charge in [-0.3, -0.25) is 18.3 Å². The van der Waals surface area contributed by atoms with Crippen molar-refractivity contribution in [2.45, 2.75) is 0 Å². The molecule has 8 heterocycles. The number of benzene rings is 5. The number of nitrogens with zero attached hydrogens (tertiary/aromatic N) is 12. The van der Waals surface area contributed by atoms with Crippen LogP contribution in [-0.2, 0) is 0 Å². The number of imidazole rings is 4. The van der Waals surface area contributed by atoms with Crippen molar-refractivity contribution < 1.29 is 9.47 Å². The Bertz CT molecular complexity index is 3760. The number of fused-ring (bicyclic) bond motifs is 4. The molecule has 0 saturated heterocycles. The van der Waals surface area contributed by atoms with Crippen LogP contribution in [0.4, 0.5) is 0 Å². The average molecular weight is 883 g/mol. The SMILES string of the molecule is c1cc(Oc2cc(-c3ccc(-c4cc(Oc5cccc(-n6cnc7cccnc76)c5)cc(-n5cnc6cccnc65)c4)cc3)cc(-n3cnc4cccnc43)c2)cc(-n2cnc3cccnc32)c1. The second kappa shape index (κ2) is 16.0. The van der Waals surface area contributed by atoms with Gasteiger partial charge in [-0.1, -0.05) is 36.4 Å². The standard InChI is InChI=1S/C54H34N12O2/c1-7-39(63-31-59-47-11-3-19-55-51(47)63)27-43(9-1)67-45-25-37(23-41(29-45)65-33-61-49-13-5-21-57-53(49)65)35-15-17-36(18-16-35)38-24-42(66-34-62-50-14-6-22-58-54(50)66)30-46(26-38)68-44-10-2-8-40(28-44)64-32-60-48-12-4-20-56-52(48)64/h1-34H. The Kier molecular flexibility index (Phi) is 9.09. The van der Waals surface area contributed by atoms with Gasteiger partial charge in [0.15, 0.2) is 22.6 Å². The Morgan fingerprint density at radius 3 is 0.971 bits per heavy atom. The highest BCUT2D eigenvalue weighted by Crippen LogP contribution is 2.37. The van der Waals surface area contributed by atoms with Crippen molar-refractivity contribution in [3.63, 3.8) is 0 Å². The van der Waals surface area contributed by atoms with Gasteiger partial charge in [-0.25, -0.2) is 39.9 Å². The third-order valence-electron chi connectivity index (χ3n) is 11.8. The van der Waals surface area contributed by atoms with Gasteiger partial charge in [0.2, 0.25) is 0 Å². The van der Waals surface area contributed by atoms with Crippen LogP contribution in [0.2, 0.25) is 0 Å². The average Bonchev–Trinajstić information content (AvgIpc) is 4.22. The number of pyridine rings is 4. The van der Waals surface area contributed by atoms with E-state index in [1.807, 2.05) is 140 Å². The molecule has 0 aliphatic carbocycles. The summed E-state index contributed by atoms with van der Waals surface area (Å²) in [5.41, 5.74) is 13.5. The Morgan fingerprint density at radius 2 is 0.603 bits per heavy atom. The van der Waals surface area contributed by atoms with Gasteiger partial charge in [-0.15, -0.1) is 0 Å². The molecule has 14 heteroatoms. The largest absolute Gasteiger partial charge is 0.457 e. The molecule has 8 aromatic heterocycles. The maximum atomic E-state index is 6.68. The van der Waals surface area contributed by atoms with Gasteiger partial charge in [0.25, 0.3) is 0 Å². The predicted octanol–water partition coefficient (Wildman–Crippen LogP) is 11.5. The Hall–Kier alpha value is -9.82. The first-order chi connectivity index (χ1) is 33.6. The zero-order valence-corrected chi connectivity index (χ0v) is 35.8. The van der Waals surface area contributed by atoms with Crippen LogP contribution in [0.3, 0.4) is 0 Å².